The molecule has 0 saturated carbocycles. The van der Waals surface area contributed by atoms with Gasteiger partial charge in [0.05, 0.1) is 11.8 Å². The molecule has 0 heterocycles. The molecule has 98 valence electrons. The van der Waals surface area contributed by atoms with Gasteiger partial charge in [-0.3, -0.25) is 4.79 Å². The third-order valence-electron chi connectivity index (χ3n) is 2.51. The van der Waals surface area contributed by atoms with Gasteiger partial charge >= 0.3 is 0 Å². The molecule has 0 saturated heterocycles. The van der Waals surface area contributed by atoms with Crippen LogP contribution >= 0.6 is 11.8 Å². The van der Waals surface area contributed by atoms with Crippen molar-refractivity contribution >= 4 is 22.8 Å². The minimum atomic E-state index is -0.0950. The average molecular weight is 266 g/mol. The van der Waals surface area contributed by atoms with Crippen molar-refractivity contribution in [1.82, 2.24) is 5.32 Å². The van der Waals surface area contributed by atoms with Crippen LogP contribution in [0.4, 0.5) is 0 Å². The molecule has 0 spiro atoms. The molecule has 0 aliphatic rings. The molecule has 0 aliphatic heterocycles. The number of nitrogens with two attached hydrogens (primary N) is 2. The van der Waals surface area contributed by atoms with Crippen LogP contribution in [0.1, 0.15) is 24.1 Å². The molecule has 1 aromatic carbocycles. The smallest absolute Gasteiger partial charge is 0.230 e. The monoisotopic (exact) mass is 266 g/mol. The maximum Gasteiger partial charge on any atom is 0.230 e. The lowest BCUT2D eigenvalue weighted by atomic mass is 10.0. The summed E-state index contributed by atoms with van der Waals surface area (Å²) in [7, 11) is 0. The lowest BCUT2D eigenvalue weighted by Gasteiger charge is -2.16. The van der Waals surface area contributed by atoms with Crippen LogP contribution in [0.3, 0.4) is 0 Å². The van der Waals surface area contributed by atoms with Gasteiger partial charge in [-0.05, 0) is 25.0 Å². The highest BCUT2D eigenvalue weighted by Gasteiger charge is 2.11. The standard InChI is InChI=1S/C12H18N4OS/c1-8-5-3-4-6-10(8)9(2)15-11(17)7-18-12(13)16-14/h3-6,9H,7,14H2,1-2H3,(H2,13,16)(H,15,17). The maximum absolute atomic E-state index is 11.7. The van der Waals surface area contributed by atoms with Crippen molar-refractivity contribution in [2.75, 3.05) is 5.75 Å². The van der Waals surface area contributed by atoms with Gasteiger partial charge in [0.25, 0.3) is 0 Å². The minimum absolute atomic E-state index is 0.0321. The summed E-state index contributed by atoms with van der Waals surface area (Å²) in [5, 5.41) is 6.40. The third-order valence-corrected chi connectivity index (χ3v) is 3.32. The maximum atomic E-state index is 11.7. The highest BCUT2D eigenvalue weighted by atomic mass is 32.2. The number of nitrogens with one attached hydrogen (secondary N) is 1. The van der Waals surface area contributed by atoms with Gasteiger partial charge in [0.2, 0.25) is 5.91 Å². The fraction of sp³-hybridized carbons (Fsp3) is 0.333. The Morgan fingerprint density at radius 3 is 2.78 bits per heavy atom. The molecule has 6 heteroatoms. The average Bonchev–Trinajstić information content (AvgIpc) is 2.36. The molecule has 1 atom stereocenters. The van der Waals surface area contributed by atoms with Gasteiger partial charge in [0.1, 0.15) is 0 Å². The number of nitrogens with zero attached hydrogens (tertiary/aromatic N) is 1. The SMILES string of the molecule is Cc1ccccc1C(C)NC(=O)CSC(N)=NN. The highest BCUT2D eigenvalue weighted by Crippen LogP contribution is 2.16. The zero-order valence-electron chi connectivity index (χ0n) is 10.5. The quantitative estimate of drug-likeness (QED) is 0.329. The number of thioether (sulfide) groups is 1. The van der Waals surface area contributed by atoms with E-state index in [1.807, 2.05) is 38.1 Å². The van der Waals surface area contributed by atoms with Gasteiger partial charge in [0.15, 0.2) is 5.17 Å². The van der Waals surface area contributed by atoms with E-state index in [1.165, 1.54) is 0 Å². The molecular formula is C12H18N4OS. The van der Waals surface area contributed by atoms with Crippen LogP contribution in [0.5, 0.6) is 0 Å². The number of hydrazone groups is 1. The van der Waals surface area contributed by atoms with E-state index in [4.69, 9.17) is 11.6 Å². The summed E-state index contributed by atoms with van der Waals surface area (Å²) in [4.78, 5) is 11.7. The third kappa shape index (κ3) is 4.29. The van der Waals surface area contributed by atoms with Crippen LogP contribution < -0.4 is 16.9 Å². The Morgan fingerprint density at radius 1 is 1.50 bits per heavy atom. The van der Waals surface area contributed by atoms with E-state index < -0.39 is 0 Å². The molecule has 0 bridgehead atoms. The molecule has 1 unspecified atom stereocenters. The minimum Gasteiger partial charge on any atom is -0.377 e. The second kappa shape index (κ2) is 6.90. The first-order chi connectivity index (χ1) is 8.54. The van der Waals surface area contributed by atoms with E-state index in [0.717, 1.165) is 22.9 Å². The number of amides is 1. The number of hydrogen-bond donors (Lipinski definition) is 3. The van der Waals surface area contributed by atoms with Crippen molar-refractivity contribution in [2.45, 2.75) is 19.9 Å². The number of carbonyl (C=O) groups excluding carboxylic acids is 1. The number of carbonyl (C=O) groups is 1. The van der Waals surface area contributed by atoms with Crippen LogP contribution in [-0.4, -0.2) is 16.8 Å². The molecule has 0 radical (unpaired) electrons. The number of aryl methyl sites for hydroxylation is 1. The lowest BCUT2D eigenvalue weighted by Crippen LogP contribution is -2.29. The molecule has 0 aliphatic carbocycles. The van der Waals surface area contributed by atoms with Crippen LogP contribution in [-0.2, 0) is 4.79 Å². The van der Waals surface area contributed by atoms with Crippen molar-refractivity contribution in [3.05, 3.63) is 35.4 Å². The van der Waals surface area contributed by atoms with Crippen molar-refractivity contribution in [3.63, 3.8) is 0 Å². The Kier molecular flexibility index (Phi) is 5.51. The summed E-state index contributed by atoms with van der Waals surface area (Å²) in [5.41, 5.74) is 7.66. The van der Waals surface area contributed by atoms with Crippen LogP contribution in [0, 0.1) is 6.92 Å². The van der Waals surface area contributed by atoms with Gasteiger partial charge in [-0.1, -0.05) is 36.0 Å². The normalized spacial score (nSPS) is 13.1. The molecular weight excluding hydrogens is 248 g/mol. The molecule has 5 nitrogen and oxygen atoms in total. The molecule has 0 aromatic heterocycles. The van der Waals surface area contributed by atoms with Gasteiger partial charge in [-0.2, -0.15) is 5.10 Å². The Labute approximate surface area is 111 Å². The Morgan fingerprint density at radius 2 is 2.17 bits per heavy atom. The van der Waals surface area contributed by atoms with E-state index >= 15 is 0 Å². The predicted molar refractivity (Wildman–Crippen MR) is 76.0 cm³/mol. The summed E-state index contributed by atoms with van der Waals surface area (Å²) < 4.78 is 0. The number of amidine groups is 1. The summed E-state index contributed by atoms with van der Waals surface area (Å²) in [6.45, 7) is 3.97. The van der Waals surface area contributed by atoms with Crippen LogP contribution in [0.2, 0.25) is 0 Å². The Balaban J connectivity index is 2.52. The second-order valence-corrected chi connectivity index (χ2v) is 4.90. The predicted octanol–water partition coefficient (Wildman–Crippen LogP) is 1.09. The van der Waals surface area contributed by atoms with E-state index in [2.05, 4.69) is 10.4 Å². The molecule has 18 heavy (non-hydrogen) atoms. The Bertz CT molecular complexity index is 447. The zero-order valence-corrected chi connectivity index (χ0v) is 11.3. The van der Waals surface area contributed by atoms with Crippen molar-refractivity contribution in [1.29, 1.82) is 0 Å². The molecule has 1 rings (SSSR count). The van der Waals surface area contributed by atoms with Crippen molar-refractivity contribution in [2.24, 2.45) is 16.7 Å². The van der Waals surface area contributed by atoms with Crippen molar-refractivity contribution in [3.8, 4) is 0 Å². The first kappa shape index (κ1) is 14.4. The lowest BCUT2D eigenvalue weighted by molar-refractivity contribution is -0.119. The summed E-state index contributed by atoms with van der Waals surface area (Å²) in [6.07, 6.45) is 0. The van der Waals surface area contributed by atoms with Gasteiger partial charge < -0.3 is 16.9 Å². The van der Waals surface area contributed by atoms with Crippen LogP contribution in [0.15, 0.2) is 29.4 Å². The summed E-state index contributed by atoms with van der Waals surface area (Å²) in [6, 6.07) is 7.92. The van der Waals surface area contributed by atoms with Crippen LogP contribution in [0.25, 0.3) is 0 Å². The summed E-state index contributed by atoms with van der Waals surface area (Å²) in [5.74, 6) is 5.10. The number of benzene rings is 1. The van der Waals surface area contributed by atoms with Gasteiger partial charge in [-0.15, -0.1) is 0 Å². The van der Waals surface area contributed by atoms with E-state index in [-0.39, 0.29) is 22.9 Å². The van der Waals surface area contributed by atoms with E-state index in [1.54, 1.807) is 0 Å². The van der Waals surface area contributed by atoms with Gasteiger partial charge in [0, 0.05) is 0 Å². The largest absolute Gasteiger partial charge is 0.377 e. The molecule has 5 N–H and O–H groups in total. The molecule has 1 aromatic rings. The van der Waals surface area contributed by atoms with E-state index in [0.29, 0.717) is 0 Å². The fourth-order valence-corrected chi connectivity index (χ4v) is 2.05. The topological polar surface area (TPSA) is 93.5 Å². The zero-order chi connectivity index (χ0) is 13.5. The van der Waals surface area contributed by atoms with E-state index in [9.17, 15) is 4.79 Å². The first-order valence-corrected chi connectivity index (χ1v) is 6.54. The summed E-state index contributed by atoms with van der Waals surface area (Å²) >= 11 is 1.12. The molecule has 1 amide bonds. The Hall–Kier alpha value is -1.69. The number of rotatable bonds is 4. The fourth-order valence-electron chi connectivity index (χ4n) is 1.61. The second-order valence-electron chi connectivity index (χ2n) is 3.90. The number of hydrogen-bond acceptors (Lipinski definition) is 4. The van der Waals surface area contributed by atoms with Crippen molar-refractivity contribution < 1.29 is 4.79 Å². The first-order valence-electron chi connectivity index (χ1n) is 5.55. The molecule has 0 fully saturated rings. The highest BCUT2D eigenvalue weighted by molar-refractivity contribution is 8.14. The van der Waals surface area contributed by atoms with Gasteiger partial charge in [-0.25, -0.2) is 0 Å².